The van der Waals surface area contributed by atoms with E-state index in [1.54, 1.807) is 6.20 Å². The minimum Gasteiger partial charge on any atom is -0.324 e. The molecule has 0 aromatic carbocycles. The van der Waals surface area contributed by atoms with Gasteiger partial charge < -0.3 is 4.57 Å². The molecule has 0 amide bonds. The summed E-state index contributed by atoms with van der Waals surface area (Å²) in [6.07, 6.45) is 9.47. The summed E-state index contributed by atoms with van der Waals surface area (Å²) < 4.78 is 3.93. The third kappa shape index (κ3) is 2.16. The molecule has 4 aromatic heterocycles. The van der Waals surface area contributed by atoms with Gasteiger partial charge in [-0.25, -0.2) is 14.5 Å². The third-order valence-corrected chi connectivity index (χ3v) is 4.38. The van der Waals surface area contributed by atoms with Gasteiger partial charge in [0.25, 0.3) is 0 Å². The van der Waals surface area contributed by atoms with Gasteiger partial charge in [-0.05, 0) is 38.1 Å². The Kier molecular flexibility index (Phi) is 2.85. The third-order valence-electron chi connectivity index (χ3n) is 4.38. The van der Waals surface area contributed by atoms with Gasteiger partial charge in [0, 0.05) is 24.2 Å². The summed E-state index contributed by atoms with van der Waals surface area (Å²) in [7, 11) is 0. The van der Waals surface area contributed by atoms with Crippen LogP contribution in [0.1, 0.15) is 28.6 Å². The van der Waals surface area contributed by atoms with Crippen LogP contribution in [-0.2, 0) is 6.54 Å². The molecule has 5 heterocycles. The number of pyridine rings is 1. The molecule has 122 valence electrons. The first-order valence-electron chi connectivity index (χ1n) is 8.07. The lowest BCUT2D eigenvalue weighted by atomic mass is 10.2. The van der Waals surface area contributed by atoms with Gasteiger partial charge >= 0.3 is 0 Å². The summed E-state index contributed by atoms with van der Waals surface area (Å²) in [5.41, 5.74) is 5.66. The Morgan fingerprint density at radius 1 is 1.12 bits per heavy atom. The fraction of sp³-hybridized carbons (Fsp3) is 0.167. The van der Waals surface area contributed by atoms with Crippen LogP contribution in [-0.4, -0.2) is 34.1 Å². The van der Waals surface area contributed by atoms with Crippen molar-refractivity contribution in [3.8, 4) is 11.4 Å². The second-order valence-electron chi connectivity index (χ2n) is 6.14. The minimum atomic E-state index is 0.648. The fourth-order valence-corrected chi connectivity index (χ4v) is 3.12. The van der Waals surface area contributed by atoms with E-state index in [0.717, 1.165) is 46.4 Å². The number of fused-ring (bicyclic) bond motifs is 4. The molecule has 0 saturated heterocycles. The Morgan fingerprint density at radius 2 is 2.04 bits per heavy atom. The van der Waals surface area contributed by atoms with E-state index in [1.807, 2.05) is 49.0 Å². The highest BCUT2D eigenvalue weighted by molar-refractivity contribution is 5.69. The summed E-state index contributed by atoms with van der Waals surface area (Å²) in [4.78, 5) is 18.0. The van der Waals surface area contributed by atoms with Crippen LogP contribution in [0.15, 0.2) is 30.7 Å². The number of hydrogen-bond donors (Lipinski definition) is 0. The van der Waals surface area contributed by atoms with Crippen molar-refractivity contribution in [1.29, 1.82) is 0 Å². The first-order chi connectivity index (χ1) is 12.2. The first kappa shape index (κ1) is 14.0. The topological polar surface area (TPSA) is 73.8 Å². The van der Waals surface area contributed by atoms with Crippen molar-refractivity contribution in [3.63, 3.8) is 0 Å². The van der Waals surface area contributed by atoms with Crippen LogP contribution in [0.25, 0.3) is 29.2 Å². The average Bonchev–Trinajstić information content (AvgIpc) is 3.29. The lowest BCUT2D eigenvalue weighted by Gasteiger charge is -1.97. The van der Waals surface area contributed by atoms with Crippen LogP contribution >= 0.6 is 0 Å². The van der Waals surface area contributed by atoms with E-state index in [9.17, 15) is 0 Å². The van der Waals surface area contributed by atoms with Crippen molar-refractivity contribution >= 4 is 17.8 Å². The number of imidazole rings is 1. The molecule has 1 aliphatic rings. The van der Waals surface area contributed by atoms with E-state index >= 15 is 0 Å². The van der Waals surface area contributed by atoms with Gasteiger partial charge in [-0.15, -0.1) is 5.10 Å². The van der Waals surface area contributed by atoms with Crippen LogP contribution in [0, 0.1) is 13.8 Å². The second kappa shape index (κ2) is 5.07. The van der Waals surface area contributed by atoms with E-state index in [0.29, 0.717) is 5.82 Å². The Balaban J connectivity index is 1.49. The molecule has 0 atom stereocenters. The lowest BCUT2D eigenvalue weighted by molar-refractivity contribution is 0.825. The maximum atomic E-state index is 4.70. The highest BCUT2D eigenvalue weighted by Gasteiger charge is 2.20. The molecule has 1 aliphatic heterocycles. The van der Waals surface area contributed by atoms with E-state index in [2.05, 4.69) is 30.7 Å². The molecule has 0 spiro atoms. The molecular formula is C18H15N7. The molecule has 7 heteroatoms. The smallest absolute Gasteiger partial charge is 0.177 e. The van der Waals surface area contributed by atoms with E-state index in [1.165, 1.54) is 0 Å². The largest absolute Gasteiger partial charge is 0.324 e. The fourth-order valence-electron chi connectivity index (χ4n) is 3.12. The summed E-state index contributed by atoms with van der Waals surface area (Å²) >= 11 is 0. The van der Waals surface area contributed by atoms with Crippen LogP contribution in [0.3, 0.4) is 0 Å². The zero-order chi connectivity index (χ0) is 17.0. The summed E-state index contributed by atoms with van der Waals surface area (Å²) in [5, 5.41) is 4.52. The maximum absolute atomic E-state index is 4.70. The molecule has 5 rings (SSSR count). The van der Waals surface area contributed by atoms with Crippen molar-refractivity contribution in [2.45, 2.75) is 20.4 Å². The molecular weight excluding hydrogens is 314 g/mol. The molecule has 0 aliphatic carbocycles. The number of aryl methyl sites for hydroxylation is 2. The molecule has 0 N–H and O–H groups in total. The van der Waals surface area contributed by atoms with Gasteiger partial charge in [0.1, 0.15) is 5.82 Å². The van der Waals surface area contributed by atoms with Crippen molar-refractivity contribution in [2.24, 2.45) is 0 Å². The Morgan fingerprint density at radius 3 is 2.92 bits per heavy atom. The highest BCUT2D eigenvalue weighted by atomic mass is 15.3. The van der Waals surface area contributed by atoms with Gasteiger partial charge in [0.2, 0.25) is 0 Å². The van der Waals surface area contributed by atoms with Crippen LogP contribution < -0.4 is 0 Å². The number of hydrogen-bond acceptors (Lipinski definition) is 5. The molecule has 7 nitrogen and oxygen atoms in total. The summed E-state index contributed by atoms with van der Waals surface area (Å²) in [6, 6.07) is 4.00. The lowest BCUT2D eigenvalue weighted by Crippen LogP contribution is -1.97. The van der Waals surface area contributed by atoms with Crippen molar-refractivity contribution in [1.82, 2.24) is 34.1 Å². The van der Waals surface area contributed by atoms with Crippen molar-refractivity contribution in [2.75, 3.05) is 0 Å². The SMILES string of the molecule is Cc1ncc(C)n2nc(C=Cc3cn4c(n3)-c3cccnc3C4)nc12. The van der Waals surface area contributed by atoms with Crippen LogP contribution in [0.4, 0.5) is 0 Å². The Hall–Kier alpha value is -3.35. The quantitative estimate of drug-likeness (QED) is 0.497. The molecule has 0 radical (unpaired) electrons. The zero-order valence-corrected chi connectivity index (χ0v) is 13.9. The predicted molar refractivity (Wildman–Crippen MR) is 93.7 cm³/mol. The Bertz CT molecular complexity index is 1110. The second-order valence-corrected chi connectivity index (χ2v) is 6.14. The summed E-state index contributed by atoms with van der Waals surface area (Å²) in [6.45, 7) is 4.67. The van der Waals surface area contributed by atoms with Gasteiger partial charge in [-0.2, -0.15) is 0 Å². The van der Waals surface area contributed by atoms with Crippen LogP contribution in [0.2, 0.25) is 0 Å². The Labute approximate surface area is 143 Å². The number of rotatable bonds is 2. The normalized spacial score (nSPS) is 12.9. The van der Waals surface area contributed by atoms with Crippen molar-refractivity contribution < 1.29 is 0 Å². The summed E-state index contributed by atoms with van der Waals surface area (Å²) in [5.74, 6) is 1.61. The maximum Gasteiger partial charge on any atom is 0.177 e. The van der Waals surface area contributed by atoms with Gasteiger partial charge in [-0.1, -0.05) is 0 Å². The monoisotopic (exact) mass is 329 g/mol. The molecule has 0 saturated carbocycles. The van der Waals surface area contributed by atoms with Crippen molar-refractivity contribution in [3.05, 3.63) is 59.3 Å². The first-order valence-corrected chi connectivity index (χ1v) is 8.07. The molecule has 0 fully saturated rings. The van der Waals surface area contributed by atoms with Gasteiger partial charge in [0.15, 0.2) is 11.5 Å². The molecule has 0 bridgehead atoms. The average molecular weight is 329 g/mol. The number of aromatic nitrogens is 7. The highest BCUT2D eigenvalue weighted by Crippen LogP contribution is 2.29. The van der Waals surface area contributed by atoms with E-state index in [4.69, 9.17) is 4.98 Å². The van der Waals surface area contributed by atoms with Gasteiger partial charge in [-0.3, -0.25) is 9.97 Å². The number of nitrogens with zero attached hydrogens (tertiary/aromatic N) is 7. The molecule has 4 aromatic rings. The van der Waals surface area contributed by atoms with E-state index in [-0.39, 0.29) is 0 Å². The zero-order valence-electron chi connectivity index (χ0n) is 13.9. The standard InChI is InChI=1S/C18H15N7/c1-11-8-20-12(2)17-22-16(23-25(11)17)6-5-13-9-24-10-15-14(18(24)21-13)4-3-7-19-15/h3-9H,10H2,1-2H3. The van der Waals surface area contributed by atoms with Gasteiger partial charge in [0.05, 0.1) is 29.3 Å². The minimum absolute atomic E-state index is 0.648. The van der Waals surface area contributed by atoms with Crippen LogP contribution in [0.5, 0.6) is 0 Å². The molecule has 25 heavy (non-hydrogen) atoms. The molecule has 0 unspecified atom stereocenters. The van der Waals surface area contributed by atoms with E-state index < -0.39 is 0 Å². The predicted octanol–water partition coefficient (Wildman–Crippen LogP) is 2.53.